The predicted molar refractivity (Wildman–Crippen MR) is 59.1 cm³/mol. The molecule has 0 aromatic carbocycles. The molecule has 0 bridgehead atoms. The standard InChI is InChI=1S/C11H13N3O/c1-3-4-9(12)10(15)8-5-7(2)6-14-11(8)13/h1,5-6,9H,4,12H2,2H3,(H2,13,14). The number of ketones is 1. The summed E-state index contributed by atoms with van der Waals surface area (Å²) in [6.07, 6.45) is 6.88. The first kappa shape index (κ1) is 11.2. The van der Waals surface area contributed by atoms with Crippen LogP contribution >= 0.6 is 0 Å². The van der Waals surface area contributed by atoms with Gasteiger partial charge < -0.3 is 11.5 Å². The number of carbonyl (C=O) groups excluding carboxylic acids is 1. The third kappa shape index (κ3) is 2.55. The average molecular weight is 203 g/mol. The maximum atomic E-state index is 11.8. The number of terminal acetylenes is 1. The van der Waals surface area contributed by atoms with Crippen LogP contribution in [0, 0.1) is 19.3 Å². The lowest BCUT2D eigenvalue weighted by molar-refractivity contribution is 0.0963. The van der Waals surface area contributed by atoms with Gasteiger partial charge in [0.05, 0.1) is 11.6 Å². The highest BCUT2D eigenvalue weighted by Gasteiger charge is 2.17. The third-order valence-electron chi connectivity index (χ3n) is 2.00. The van der Waals surface area contributed by atoms with Crippen molar-refractivity contribution >= 4 is 11.6 Å². The second-order valence-corrected chi connectivity index (χ2v) is 3.32. The minimum atomic E-state index is -0.708. The molecule has 0 saturated heterocycles. The molecule has 0 aliphatic rings. The van der Waals surface area contributed by atoms with Crippen molar-refractivity contribution in [3.63, 3.8) is 0 Å². The smallest absolute Gasteiger partial charge is 0.184 e. The Kier molecular flexibility index (Phi) is 3.42. The van der Waals surface area contributed by atoms with E-state index >= 15 is 0 Å². The zero-order chi connectivity index (χ0) is 11.4. The van der Waals surface area contributed by atoms with Crippen molar-refractivity contribution in [1.82, 2.24) is 4.98 Å². The summed E-state index contributed by atoms with van der Waals surface area (Å²) in [6.45, 7) is 1.83. The van der Waals surface area contributed by atoms with Gasteiger partial charge in [-0.05, 0) is 18.6 Å². The van der Waals surface area contributed by atoms with Gasteiger partial charge in [-0.3, -0.25) is 4.79 Å². The molecule has 0 aliphatic heterocycles. The van der Waals surface area contributed by atoms with E-state index in [4.69, 9.17) is 17.9 Å². The van der Waals surface area contributed by atoms with Crippen LogP contribution in [-0.4, -0.2) is 16.8 Å². The molecule has 0 amide bonds. The number of aryl methyl sites for hydroxylation is 1. The summed E-state index contributed by atoms with van der Waals surface area (Å²) in [5, 5.41) is 0. The van der Waals surface area contributed by atoms with Gasteiger partial charge in [-0.25, -0.2) is 4.98 Å². The van der Waals surface area contributed by atoms with E-state index in [-0.39, 0.29) is 18.0 Å². The molecule has 4 nitrogen and oxygen atoms in total. The fourth-order valence-electron chi connectivity index (χ4n) is 1.20. The Labute approximate surface area is 88.7 Å². The molecule has 15 heavy (non-hydrogen) atoms. The quantitative estimate of drug-likeness (QED) is 0.553. The van der Waals surface area contributed by atoms with Crippen molar-refractivity contribution in [1.29, 1.82) is 0 Å². The number of hydrogen-bond acceptors (Lipinski definition) is 4. The van der Waals surface area contributed by atoms with Crippen LogP contribution < -0.4 is 11.5 Å². The molecule has 4 heteroatoms. The van der Waals surface area contributed by atoms with E-state index in [9.17, 15) is 4.79 Å². The first-order valence-corrected chi connectivity index (χ1v) is 4.51. The Morgan fingerprint density at radius 1 is 1.73 bits per heavy atom. The van der Waals surface area contributed by atoms with Crippen LogP contribution in [0.2, 0.25) is 0 Å². The minimum Gasteiger partial charge on any atom is -0.383 e. The van der Waals surface area contributed by atoms with Gasteiger partial charge in [-0.1, -0.05) is 0 Å². The Balaban J connectivity index is 3.01. The summed E-state index contributed by atoms with van der Waals surface area (Å²) in [6, 6.07) is 0.960. The number of nitrogens with two attached hydrogens (primary N) is 2. The first-order valence-electron chi connectivity index (χ1n) is 4.51. The van der Waals surface area contributed by atoms with Crippen LogP contribution in [-0.2, 0) is 0 Å². The van der Waals surface area contributed by atoms with Crippen molar-refractivity contribution < 1.29 is 4.79 Å². The summed E-state index contributed by atoms with van der Waals surface area (Å²) in [5.41, 5.74) is 12.4. The highest BCUT2D eigenvalue weighted by Crippen LogP contribution is 2.13. The number of Topliss-reactive ketones (excluding diaryl/α,β-unsaturated/α-hetero) is 1. The Bertz CT molecular complexity index is 420. The number of anilines is 1. The zero-order valence-corrected chi connectivity index (χ0v) is 8.53. The topological polar surface area (TPSA) is 82.0 Å². The maximum Gasteiger partial charge on any atom is 0.184 e. The van der Waals surface area contributed by atoms with Crippen molar-refractivity contribution in [3.8, 4) is 12.3 Å². The second kappa shape index (κ2) is 4.58. The van der Waals surface area contributed by atoms with Crippen LogP contribution in [0.4, 0.5) is 5.82 Å². The van der Waals surface area contributed by atoms with Gasteiger partial charge in [0.25, 0.3) is 0 Å². The van der Waals surface area contributed by atoms with Crippen molar-refractivity contribution in [2.75, 3.05) is 5.73 Å². The predicted octanol–water partition coefficient (Wildman–Crippen LogP) is 0.506. The molecule has 0 fully saturated rings. The lowest BCUT2D eigenvalue weighted by Gasteiger charge is -2.09. The lowest BCUT2D eigenvalue weighted by atomic mass is 10.0. The van der Waals surface area contributed by atoms with Crippen molar-refractivity contribution in [2.24, 2.45) is 5.73 Å². The number of carbonyl (C=O) groups is 1. The van der Waals surface area contributed by atoms with Gasteiger partial charge >= 0.3 is 0 Å². The largest absolute Gasteiger partial charge is 0.383 e. The highest BCUT2D eigenvalue weighted by atomic mass is 16.1. The van der Waals surface area contributed by atoms with Crippen molar-refractivity contribution in [2.45, 2.75) is 19.4 Å². The molecule has 1 aromatic heterocycles. The van der Waals surface area contributed by atoms with E-state index in [0.717, 1.165) is 5.56 Å². The van der Waals surface area contributed by atoms with E-state index in [1.54, 1.807) is 12.3 Å². The van der Waals surface area contributed by atoms with Gasteiger partial charge in [0.1, 0.15) is 5.82 Å². The van der Waals surface area contributed by atoms with Crippen molar-refractivity contribution in [3.05, 3.63) is 23.4 Å². The fraction of sp³-hybridized carbons (Fsp3) is 0.273. The number of pyridine rings is 1. The monoisotopic (exact) mass is 203 g/mol. The third-order valence-corrected chi connectivity index (χ3v) is 2.00. The SMILES string of the molecule is C#CCC(N)C(=O)c1cc(C)cnc1N. The fourth-order valence-corrected chi connectivity index (χ4v) is 1.20. The van der Waals surface area contributed by atoms with E-state index in [1.165, 1.54) is 0 Å². The molecule has 78 valence electrons. The molecule has 1 atom stereocenters. The van der Waals surface area contributed by atoms with Gasteiger partial charge in [-0.15, -0.1) is 12.3 Å². The minimum absolute atomic E-state index is 0.193. The Morgan fingerprint density at radius 3 is 3.00 bits per heavy atom. The van der Waals surface area contributed by atoms with Crippen LogP contribution in [0.3, 0.4) is 0 Å². The number of aromatic nitrogens is 1. The summed E-state index contributed by atoms with van der Waals surface area (Å²) in [5.74, 6) is 2.28. The van der Waals surface area contributed by atoms with E-state index < -0.39 is 6.04 Å². The van der Waals surface area contributed by atoms with Gasteiger partial charge in [0.2, 0.25) is 0 Å². The normalized spacial score (nSPS) is 11.8. The molecule has 1 unspecified atom stereocenters. The molecular weight excluding hydrogens is 190 g/mol. The second-order valence-electron chi connectivity index (χ2n) is 3.32. The first-order chi connectivity index (χ1) is 7.06. The van der Waals surface area contributed by atoms with Gasteiger partial charge in [0, 0.05) is 12.6 Å². The summed E-state index contributed by atoms with van der Waals surface area (Å²) >= 11 is 0. The molecule has 0 radical (unpaired) electrons. The molecule has 0 spiro atoms. The summed E-state index contributed by atoms with van der Waals surface area (Å²) in [7, 11) is 0. The maximum absolute atomic E-state index is 11.8. The molecule has 4 N–H and O–H groups in total. The van der Waals surface area contributed by atoms with Gasteiger partial charge in [-0.2, -0.15) is 0 Å². The van der Waals surface area contributed by atoms with E-state index in [2.05, 4.69) is 10.9 Å². The average Bonchev–Trinajstić information content (AvgIpc) is 2.21. The van der Waals surface area contributed by atoms with E-state index in [1.807, 2.05) is 6.92 Å². The molecule has 0 aliphatic carbocycles. The molecule has 1 rings (SSSR count). The lowest BCUT2D eigenvalue weighted by Crippen LogP contribution is -2.30. The number of hydrogen-bond donors (Lipinski definition) is 2. The number of rotatable bonds is 3. The Hall–Kier alpha value is -1.86. The molecule has 1 aromatic rings. The van der Waals surface area contributed by atoms with Crippen LogP contribution in [0.5, 0.6) is 0 Å². The number of nitrogen functional groups attached to an aromatic ring is 1. The molecule has 1 heterocycles. The number of nitrogens with zero attached hydrogens (tertiary/aromatic N) is 1. The summed E-state index contributed by atoms with van der Waals surface area (Å²) in [4.78, 5) is 15.7. The zero-order valence-electron chi connectivity index (χ0n) is 8.53. The molecule has 0 saturated carbocycles. The van der Waals surface area contributed by atoms with E-state index in [0.29, 0.717) is 5.56 Å². The van der Waals surface area contributed by atoms with Gasteiger partial charge in [0.15, 0.2) is 5.78 Å². The van der Waals surface area contributed by atoms with Crippen LogP contribution in [0.15, 0.2) is 12.3 Å². The highest BCUT2D eigenvalue weighted by molar-refractivity contribution is 6.03. The molecular formula is C11H13N3O. The Morgan fingerprint density at radius 2 is 2.40 bits per heavy atom. The van der Waals surface area contributed by atoms with Crippen LogP contribution in [0.25, 0.3) is 0 Å². The summed E-state index contributed by atoms with van der Waals surface area (Å²) < 4.78 is 0. The van der Waals surface area contributed by atoms with Crippen LogP contribution in [0.1, 0.15) is 22.3 Å².